The van der Waals surface area contributed by atoms with Crippen molar-refractivity contribution in [1.82, 2.24) is 4.90 Å². The lowest BCUT2D eigenvalue weighted by molar-refractivity contribution is -0.139. The molecule has 1 aromatic carbocycles. The van der Waals surface area contributed by atoms with Crippen molar-refractivity contribution in [1.29, 1.82) is 0 Å². The normalized spacial score (nSPS) is 19.6. The summed E-state index contributed by atoms with van der Waals surface area (Å²) in [6.07, 6.45) is 3.75. The second-order valence-electron chi connectivity index (χ2n) is 6.06. The Morgan fingerprint density at radius 1 is 1.31 bits per heavy atom. The highest BCUT2D eigenvalue weighted by atomic mass is 35.5. The molecule has 1 aliphatic heterocycles. The third-order valence-electron chi connectivity index (χ3n) is 4.39. The lowest BCUT2D eigenvalue weighted by Gasteiger charge is -2.32. The highest BCUT2D eigenvalue weighted by molar-refractivity contribution is 6.33. The Bertz CT molecular complexity index is 836. The van der Waals surface area contributed by atoms with E-state index in [1.54, 1.807) is 38.3 Å². The number of alkyl halides is 1. The number of allylic oxidation sites excluding steroid dienone is 4. The van der Waals surface area contributed by atoms with Crippen LogP contribution < -0.4 is 4.74 Å². The first-order valence-electron chi connectivity index (χ1n) is 8.35. The summed E-state index contributed by atoms with van der Waals surface area (Å²) in [7, 11) is 3.37. The standard InChI is InChI=1S/C20H20ClNO4/c1-4-26-20(24)19-18(12-5-7-14(25-3)8-6-12)15-10-16(21)17(23)9-13(15)11-22(19)2/h5-8,10-11,16H,4,9H2,1-3H3. The van der Waals surface area contributed by atoms with Crippen molar-refractivity contribution in [3.05, 3.63) is 58.9 Å². The molecule has 1 heterocycles. The van der Waals surface area contributed by atoms with Crippen LogP contribution >= 0.6 is 11.6 Å². The van der Waals surface area contributed by atoms with Crippen molar-refractivity contribution in [3.8, 4) is 5.75 Å². The minimum Gasteiger partial charge on any atom is -0.497 e. The van der Waals surface area contributed by atoms with E-state index in [4.69, 9.17) is 21.1 Å². The fraction of sp³-hybridized carbons (Fsp3) is 0.300. The van der Waals surface area contributed by atoms with E-state index in [0.29, 0.717) is 11.3 Å². The first-order chi connectivity index (χ1) is 12.5. The predicted octanol–water partition coefficient (Wildman–Crippen LogP) is 3.31. The number of likely N-dealkylation sites (N-methyl/N-ethyl adjacent to an activating group) is 1. The maximum Gasteiger partial charge on any atom is 0.355 e. The zero-order chi connectivity index (χ0) is 18.8. The van der Waals surface area contributed by atoms with Gasteiger partial charge in [-0.3, -0.25) is 4.79 Å². The molecule has 1 aromatic rings. The number of ether oxygens (including phenoxy) is 2. The van der Waals surface area contributed by atoms with Gasteiger partial charge in [0.2, 0.25) is 0 Å². The van der Waals surface area contributed by atoms with E-state index in [-0.39, 0.29) is 18.8 Å². The Balaban J connectivity index is 2.20. The number of fused-ring (bicyclic) bond motifs is 1. The molecular weight excluding hydrogens is 354 g/mol. The molecule has 5 nitrogen and oxygen atoms in total. The lowest BCUT2D eigenvalue weighted by Crippen LogP contribution is -2.30. The Kier molecular flexibility index (Phi) is 5.18. The summed E-state index contributed by atoms with van der Waals surface area (Å²) in [5, 5.41) is -0.706. The Morgan fingerprint density at radius 2 is 2.00 bits per heavy atom. The molecule has 0 saturated carbocycles. The minimum atomic E-state index is -0.706. The van der Waals surface area contributed by atoms with Gasteiger partial charge < -0.3 is 14.4 Å². The van der Waals surface area contributed by atoms with Crippen LogP contribution in [0, 0.1) is 0 Å². The highest BCUT2D eigenvalue weighted by Crippen LogP contribution is 2.41. The second-order valence-corrected chi connectivity index (χ2v) is 6.53. The summed E-state index contributed by atoms with van der Waals surface area (Å²) in [6, 6.07) is 7.42. The Hall–Kier alpha value is -2.53. The molecule has 0 fully saturated rings. The summed E-state index contributed by atoms with van der Waals surface area (Å²) in [4.78, 5) is 26.4. The maximum absolute atomic E-state index is 12.6. The van der Waals surface area contributed by atoms with Crippen LogP contribution in [-0.4, -0.2) is 42.8 Å². The summed E-state index contributed by atoms with van der Waals surface area (Å²) in [5.41, 5.74) is 3.61. The van der Waals surface area contributed by atoms with Gasteiger partial charge in [-0.25, -0.2) is 4.79 Å². The van der Waals surface area contributed by atoms with Gasteiger partial charge in [0.1, 0.15) is 16.8 Å². The van der Waals surface area contributed by atoms with Crippen LogP contribution in [0.5, 0.6) is 5.75 Å². The number of carbonyl (C=O) groups is 2. The fourth-order valence-electron chi connectivity index (χ4n) is 3.18. The number of carbonyl (C=O) groups excluding carboxylic acids is 2. The number of rotatable bonds is 4. The topological polar surface area (TPSA) is 55.8 Å². The van der Waals surface area contributed by atoms with Gasteiger partial charge in [0, 0.05) is 25.2 Å². The summed E-state index contributed by atoms with van der Waals surface area (Å²) >= 11 is 6.19. The molecule has 26 heavy (non-hydrogen) atoms. The zero-order valence-corrected chi connectivity index (χ0v) is 15.7. The molecule has 6 heteroatoms. The molecule has 0 spiro atoms. The molecule has 1 unspecified atom stereocenters. The van der Waals surface area contributed by atoms with E-state index < -0.39 is 11.3 Å². The third kappa shape index (κ3) is 3.27. The number of halogens is 1. The molecule has 0 radical (unpaired) electrons. The van der Waals surface area contributed by atoms with Crippen LogP contribution in [0.25, 0.3) is 5.57 Å². The number of benzene rings is 1. The molecule has 0 N–H and O–H groups in total. The summed E-state index contributed by atoms with van der Waals surface area (Å²) in [5.74, 6) is 0.249. The number of nitrogens with zero attached hydrogens (tertiary/aromatic N) is 1. The van der Waals surface area contributed by atoms with Crippen molar-refractivity contribution in [3.63, 3.8) is 0 Å². The van der Waals surface area contributed by atoms with Crippen LogP contribution in [0.2, 0.25) is 0 Å². The van der Waals surface area contributed by atoms with Gasteiger partial charge >= 0.3 is 5.97 Å². The molecule has 3 rings (SSSR count). The van der Waals surface area contributed by atoms with E-state index in [9.17, 15) is 9.59 Å². The Morgan fingerprint density at radius 3 is 2.62 bits per heavy atom. The largest absolute Gasteiger partial charge is 0.497 e. The Labute approximate surface area is 157 Å². The maximum atomic E-state index is 12.6. The van der Waals surface area contributed by atoms with Crippen LogP contribution in [0.15, 0.2) is 53.4 Å². The summed E-state index contributed by atoms with van der Waals surface area (Å²) < 4.78 is 10.5. The fourth-order valence-corrected chi connectivity index (χ4v) is 3.39. The van der Waals surface area contributed by atoms with Crippen molar-refractivity contribution in [2.75, 3.05) is 20.8 Å². The number of ketones is 1. The zero-order valence-electron chi connectivity index (χ0n) is 14.9. The lowest BCUT2D eigenvalue weighted by atomic mass is 9.82. The van der Waals surface area contributed by atoms with Crippen LogP contribution in [0.3, 0.4) is 0 Å². The van der Waals surface area contributed by atoms with E-state index in [0.717, 1.165) is 22.5 Å². The van der Waals surface area contributed by atoms with E-state index in [1.165, 1.54) is 0 Å². The van der Waals surface area contributed by atoms with Gasteiger partial charge in [0.05, 0.1) is 13.7 Å². The predicted molar refractivity (Wildman–Crippen MR) is 99.7 cm³/mol. The SMILES string of the molecule is CCOC(=O)C1=C(c2ccc(OC)cc2)C2=CC(Cl)C(=O)CC2=CN1C. The van der Waals surface area contributed by atoms with Crippen LogP contribution in [0.1, 0.15) is 18.9 Å². The van der Waals surface area contributed by atoms with Crippen LogP contribution in [0.4, 0.5) is 0 Å². The molecular formula is C20H20ClNO4. The van der Waals surface area contributed by atoms with E-state index in [1.807, 2.05) is 24.3 Å². The van der Waals surface area contributed by atoms with Gasteiger partial charge in [-0.15, -0.1) is 11.6 Å². The molecule has 0 saturated heterocycles. The van der Waals surface area contributed by atoms with Gasteiger partial charge in [0.25, 0.3) is 0 Å². The first kappa shape index (κ1) is 18.3. The van der Waals surface area contributed by atoms with E-state index >= 15 is 0 Å². The second kappa shape index (κ2) is 7.38. The van der Waals surface area contributed by atoms with Gasteiger partial charge in [-0.2, -0.15) is 0 Å². The van der Waals surface area contributed by atoms with Crippen LogP contribution in [-0.2, 0) is 14.3 Å². The molecule has 2 aliphatic rings. The van der Waals surface area contributed by atoms with Crippen molar-refractivity contribution >= 4 is 28.9 Å². The molecule has 1 aliphatic carbocycles. The third-order valence-corrected chi connectivity index (χ3v) is 4.76. The highest BCUT2D eigenvalue weighted by Gasteiger charge is 2.34. The molecule has 0 bridgehead atoms. The van der Waals surface area contributed by atoms with Crippen molar-refractivity contribution < 1.29 is 19.1 Å². The van der Waals surface area contributed by atoms with Crippen molar-refractivity contribution in [2.45, 2.75) is 18.7 Å². The molecule has 1 atom stereocenters. The minimum absolute atomic E-state index is 0.0521. The molecule has 136 valence electrons. The molecule has 0 amide bonds. The van der Waals surface area contributed by atoms with Gasteiger partial charge in [-0.05, 0) is 35.8 Å². The monoisotopic (exact) mass is 373 g/mol. The van der Waals surface area contributed by atoms with Crippen molar-refractivity contribution in [2.24, 2.45) is 0 Å². The smallest absolute Gasteiger partial charge is 0.355 e. The average molecular weight is 374 g/mol. The van der Waals surface area contributed by atoms with E-state index in [2.05, 4.69) is 0 Å². The van der Waals surface area contributed by atoms with Gasteiger partial charge in [-0.1, -0.05) is 18.2 Å². The summed E-state index contributed by atoms with van der Waals surface area (Å²) in [6.45, 7) is 2.04. The number of hydrogen-bond acceptors (Lipinski definition) is 5. The number of esters is 1. The van der Waals surface area contributed by atoms with Gasteiger partial charge in [0.15, 0.2) is 5.78 Å². The quantitative estimate of drug-likeness (QED) is 0.598. The number of Topliss-reactive ketones (excluding diaryl/α,β-unsaturated/α-hetero) is 1. The first-order valence-corrected chi connectivity index (χ1v) is 8.78. The molecule has 0 aromatic heterocycles. The number of hydrogen-bond donors (Lipinski definition) is 0. The number of methoxy groups -OCH3 is 1. The average Bonchev–Trinajstić information content (AvgIpc) is 2.62.